The molecule has 1 fully saturated rings. The van der Waals surface area contributed by atoms with E-state index in [1.807, 2.05) is 0 Å². The monoisotopic (exact) mass is 541 g/mol. The zero-order chi connectivity index (χ0) is 27.6. The molecule has 208 valence electrons. The number of ether oxygens (including phenoxy) is 3. The molecule has 2 N–H and O–H groups in total. The van der Waals surface area contributed by atoms with E-state index in [9.17, 15) is 9.90 Å². The van der Waals surface area contributed by atoms with Gasteiger partial charge < -0.3 is 29.2 Å². The number of rotatable bonds is 8. The van der Waals surface area contributed by atoms with Crippen molar-refractivity contribution in [1.82, 2.24) is 9.88 Å². The van der Waals surface area contributed by atoms with Crippen LogP contribution in [0.1, 0.15) is 23.3 Å². The summed E-state index contributed by atoms with van der Waals surface area (Å²) in [6.45, 7) is 2.44. The van der Waals surface area contributed by atoms with Gasteiger partial charge in [-0.3, -0.25) is 4.90 Å². The number of aliphatic hydroxyl groups is 1. The summed E-state index contributed by atoms with van der Waals surface area (Å²) in [5, 5.41) is 14.3. The molecule has 2 bridgehead atoms. The molecule has 3 aliphatic rings. The van der Waals surface area contributed by atoms with Crippen LogP contribution in [0, 0.1) is 0 Å². The average molecular weight is 542 g/mol. The molecule has 40 heavy (non-hydrogen) atoms. The molecule has 4 heterocycles. The van der Waals surface area contributed by atoms with Crippen molar-refractivity contribution in [3.8, 4) is 11.5 Å². The molecule has 4 aromatic rings. The van der Waals surface area contributed by atoms with Gasteiger partial charge in [0.05, 0.1) is 19.7 Å². The number of nitrogens with one attached hydrogen (secondary N) is 1. The van der Waals surface area contributed by atoms with E-state index in [0.717, 1.165) is 31.3 Å². The predicted molar refractivity (Wildman–Crippen MR) is 157 cm³/mol. The number of fused-ring (bicyclic) bond motifs is 6. The minimum atomic E-state index is -0.681. The minimum absolute atomic E-state index is 0.124. The molecule has 0 unspecified atom stereocenters. The Bertz CT molecular complexity index is 1550. The number of esters is 1. The summed E-state index contributed by atoms with van der Waals surface area (Å²) in [7, 11) is 2.92. The Balaban J connectivity index is 1.15. The Morgan fingerprint density at radius 3 is 2.60 bits per heavy atom. The largest absolute Gasteiger partial charge is 0.497 e. The summed E-state index contributed by atoms with van der Waals surface area (Å²) in [6.07, 6.45) is 5.82. The molecule has 0 radical (unpaired) electrons. The van der Waals surface area contributed by atoms with Crippen molar-refractivity contribution in [2.75, 3.05) is 45.4 Å². The number of hydrogen-bond donors (Lipinski definition) is 2. The van der Waals surface area contributed by atoms with Crippen LogP contribution in [0.4, 0.5) is 5.69 Å². The van der Waals surface area contributed by atoms with Crippen molar-refractivity contribution < 1.29 is 24.1 Å². The standard InChI is InChI=1S/C32H35N3O5/c1-38-27-14-29-28(16-30(33-29)32(37)39-2)31(15-27)40-20-26(36)19-34-17-25-10-6-5-9-24(34)18-35(25)23-12-11-21-7-3-4-8-22(21)13-23/h3-8,11-16,24-26,33,36H,9-10,17-20H2,1-2H3/b6-5-/t24-,25-,26-/m0/s1. The lowest BCUT2D eigenvalue weighted by Gasteiger charge is -2.48. The summed E-state index contributed by atoms with van der Waals surface area (Å²) in [5.74, 6) is 0.677. The van der Waals surface area contributed by atoms with Crippen LogP contribution in [0.3, 0.4) is 0 Å². The van der Waals surface area contributed by atoms with Crippen molar-refractivity contribution in [3.05, 3.63) is 78.5 Å². The quantitative estimate of drug-likeness (QED) is 0.246. The third-order valence-electron chi connectivity index (χ3n) is 8.05. The van der Waals surface area contributed by atoms with Crippen LogP contribution in [0.2, 0.25) is 0 Å². The summed E-state index contributed by atoms with van der Waals surface area (Å²) < 4.78 is 16.4. The fourth-order valence-electron chi connectivity index (χ4n) is 5.98. The number of methoxy groups -OCH3 is 2. The van der Waals surface area contributed by atoms with Crippen LogP contribution in [-0.2, 0) is 4.74 Å². The number of aromatic amines is 1. The number of aliphatic hydroxyl groups excluding tert-OH is 1. The van der Waals surface area contributed by atoms with E-state index in [4.69, 9.17) is 14.2 Å². The van der Waals surface area contributed by atoms with E-state index in [-0.39, 0.29) is 6.61 Å². The molecular weight excluding hydrogens is 506 g/mol. The van der Waals surface area contributed by atoms with Gasteiger partial charge in [-0.15, -0.1) is 0 Å². The van der Waals surface area contributed by atoms with Gasteiger partial charge in [-0.25, -0.2) is 4.79 Å². The molecule has 1 saturated heterocycles. The van der Waals surface area contributed by atoms with Crippen molar-refractivity contribution >= 4 is 33.3 Å². The lowest BCUT2D eigenvalue weighted by atomic mass is 9.96. The van der Waals surface area contributed by atoms with Crippen LogP contribution >= 0.6 is 0 Å². The van der Waals surface area contributed by atoms with Crippen LogP contribution in [0.25, 0.3) is 21.7 Å². The number of carbonyl (C=O) groups excluding carboxylic acids is 1. The molecule has 0 aliphatic carbocycles. The first kappa shape index (κ1) is 26.2. The average Bonchev–Trinajstić information content (AvgIpc) is 3.40. The predicted octanol–water partition coefficient (Wildman–Crippen LogP) is 4.77. The first-order chi connectivity index (χ1) is 19.5. The second kappa shape index (κ2) is 11.2. The van der Waals surface area contributed by atoms with Gasteiger partial charge in [-0.1, -0.05) is 42.5 Å². The van der Waals surface area contributed by atoms with E-state index < -0.39 is 12.1 Å². The Hall–Kier alpha value is -4.01. The number of carbonyl (C=O) groups is 1. The van der Waals surface area contributed by atoms with Crippen molar-refractivity contribution in [1.29, 1.82) is 0 Å². The molecule has 8 nitrogen and oxygen atoms in total. The highest BCUT2D eigenvalue weighted by atomic mass is 16.5. The molecule has 0 saturated carbocycles. The Morgan fingerprint density at radius 2 is 1.80 bits per heavy atom. The molecule has 0 amide bonds. The lowest BCUT2D eigenvalue weighted by Crippen LogP contribution is -2.60. The number of anilines is 1. The maximum atomic E-state index is 12.0. The van der Waals surface area contributed by atoms with Crippen LogP contribution in [-0.4, -0.2) is 79.6 Å². The van der Waals surface area contributed by atoms with E-state index >= 15 is 0 Å². The highest BCUT2D eigenvalue weighted by Crippen LogP contribution is 2.33. The summed E-state index contributed by atoms with van der Waals surface area (Å²) in [4.78, 5) is 20.0. The van der Waals surface area contributed by atoms with Gasteiger partial charge in [0.15, 0.2) is 0 Å². The van der Waals surface area contributed by atoms with E-state index in [1.165, 1.54) is 23.6 Å². The van der Waals surface area contributed by atoms with E-state index in [2.05, 4.69) is 69.4 Å². The van der Waals surface area contributed by atoms with Gasteiger partial charge in [0.25, 0.3) is 0 Å². The maximum Gasteiger partial charge on any atom is 0.354 e. The summed E-state index contributed by atoms with van der Waals surface area (Å²) in [5.41, 5.74) is 2.29. The van der Waals surface area contributed by atoms with E-state index in [1.54, 1.807) is 25.3 Å². The minimum Gasteiger partial charge on any atom is -0.497 e. The van der Waals surface area contributed by atoms with Gasteiger partial charge in [0.2, 0.25) is 0 Å². The molecule has 0 spiro atoms. The van der Waals surface area contributed by atoms with Crippen LogP contribution < -0.4 is 14.4 Å². The summed E-state index contributed by atoms with van der Waals surface area (Å²) in [6, 6.07) is 21.1. The van der Waals surface area contributed by atoms with Gasteiger partial charge in [0.1, 0.15) is 29.9 Å². The lowest BCUT2D eigenvalue weighted by molar-refractivity contribution is 0.0408. The molecule has 7 rings (SSSR count). The van der Waals surface area contributed by atoms with Crippen molar-refractivity contribution in [3.63, 3.8) is 0 Å². The smallest absolute Gasteiger partial charge is 0.354 e. The second-order valence-electron chi connectivity index (χ2n) is 10.6. The Labute approximate surface area is 233 Å². The first-order valence-electron chi connectivity index (χ1n) is 13.8. The highest BCUT2D eigenvalue weighted by molar-refractivity contribution is 5.97. The second-order valence-corrected chi connectivity index (χ2v) is 10.6. The number of piperazine rings is 1. The normalized spacial score (nSPS) is 20.7. The zero-order valence-electron chi connectivity index (χ0n) is 22.9. The summed E-state index contributed by atoms with van der Waals surface area (Å²) >= 11 is 0. The van der Waals surface area contributed by atoms with Gasteiger partial charge >= 0.3 is 5.97 Å². The molecule has 8 heteroatoms. The molecular formula is C32H35N3O5. The maximum absolute atomic E-state index is 12.0. The number of hydrogen-bond acceptors (Lipinski definition) is 7. The van der Waals surface area contributed by atoms with Crippen LogP contribution in [0.15, 0.2) is 72.8 Å². The number of nitrogens with zero attached hydrogens (tertiary/aromatic N) is 2. The molecule has 3 aliphatic heterocycles. The number of aromatic nitrogens is 1. The third-order valence-corrected chi connectivity index (χ3v) is 8.05. The number of H-pyrrole nitrogens is 1. The first-order valence-corrected chi connectivity index (χ1v) is 13.8. The molecule has 3 atom stereocenters. The number of benzene rings is 3. The Morgan fingerprint density at radius 1 is 1.00 bits per heavy atom. The highest BCUT2D eigenvalue weighted by Gasteiger charge is 2.35. The van der Waals surface area contributed by atoms with Gasteiger partial charge in [-0.2, -0.15) is 0 Å². The van der Waals surface area contributed by atoms with Crippen molar-refractivity contribution in [2.45, 2.75) is 31.0 Å². The SMILES string of the molecule is COC(=O)c1cc2c(OC[C@@H](O)CN3C[C@@H]4C/C=C\C[C@H]3CN4c3ccc4ccccc4c3)cc(OC)cc2[nH]1. The van der Waals surface area contributed by atoms with Crippen molar-refractivity contribution in [2.24, 2.45) is 0 Å². The fraction of sp³-hybridized carbons (Fsp3) is 0.344. The topological polar surface area (TPSA) is 87.3 Å². The van der Waals surface area contributed by atoms with Crippen LogP contribution in [0.5, 0.6) is 11.5 Å². The van der Waals surface area contributed by atoms with Gasteiger partial charge in [0, 0.05) is 54.9 Å². The molecule has 3 aromatic carbocycles. The third kappa shape index (κ3) is 5.24. The molecule has 1 aromatic heterocycles. The fourth-order valence-corrected chi connectivity index (χ4v) is 5.98. The Kier molecular flexibility index (Phi) is 7.36. The van der Waals surface area contributed by atoms with Gasteiger partial charge in [-0.05, 0) is 41.8 Å². The van der Waals surface area contributed by atoms with E-state index in [0.29, 0.717) is 41.3 Å². The zero-order valence-corrected chi connectivity index (χ0v) is 22.9.